The Morgan fingerprint density at radius 2 is 1.85 bits per heavy atom. The summed E-state index contributed by atoms with van der Waals surface area (Å²) in [6, 6.07) is 0. The zero-order valence-electron chi connectivity index (χ0n) is 18.3. The maximum absolute atomic E-state index is 12.1. The molecule has 0 spiro atoms. The molecule has 33 heavy (non-hydrogen) atoms. The van der Waals surface area contributed by atoms with Crippen molar-refractivity contribution in [2.45, 2.75) is 40.0 Å². The van der Waals surface area contributed by atoms with Crippen molar-refractivity contribution in [1.29, 1.82) is 0 Å². The number of aryl methyl sites for hydroxylation is 1. The van der Waals surface area contributed by atoms with E-state index in [2.05, 4.69) is 23.6 Å². The molecule has 1 saturated heterocycles. The number of hydrogen-bond acceptors (Lipinski definition) is 10. The van der Waals surface area contributed by atoms with Crippen molar-refractivity contribution >= 4 is 34.4 Å². The van der Waals surface area contributed by atoms with Crippen molar-refractivity contribution in [1.82, 2.24) is 19.5 Å². The minimum absolute atomic E-state index is 0.122. The maximum atomic E-state index is 12.1. The van der Waals surface area contributed by atoms with E-state index in [0.717, 1.165) is 0 Å². The number of phosphoric ester groups is 1. The van der Waals surface area contributed by atoms with Gasteiger partial charge in [0.2, 0.25) is 0 Å². The molecule has 3 heterocycles. The predicted molar refractivity (Wildman–Crippen MR) is 113 cm³/mol. The standard InChI is InChI=1S/C15H25N4O11P3/c1-8-10(6-27-32(23,24)30-33(25,26)29-31(5,21)22)28-14(15(8,3)4)19-7-16-11-12(19)17-9(2)18-13(11)20/h7-8,10,14H,6H2,1-5H3,(H,21,22)(H,23,24)(H,25,26)(H,17,18,20)/t8-,10-,14-/m1/s1. The average molecular weight is 530 g/mol. The van der Waals surface area contributed by atoms with Gasteiger partial charge in [0.15, 0.2) is 11.2 Å². The molecule has 1 fully saturated rings. The Labute approximate surface area is 187 Å². The van der Waals surface area contributed by atoms with E-state index >= 15 is 0 Å². The van der Waals surface area contributed by atoms with Crippen LogP contribution in [0.4, 0.5) is 0 Å². The highest BCUT2D eigenvalue weighted by molar-refractivity contribution is 7.68. The van der Waals surface area contributed by atoms with Gasteiger partial charge in [-0.1, -0.05) is 20.8 Å². The molecule has 0 saturated carbocycles. The van der Waals surface area contributed by atoms with Crippen LogP contribution in [0.1, 0.15) is 32.8 Å². The molecule has 3 rings (SSSR count). The molecule has 18 heteroatoms. The van der Waals surface area contributed by atoms with Crippen LogP contribution in [0.15, 0.2) is 11.1 Å². The first kappa shape index (κ1) is 26.4. The van der Waals surface area contributed by atoms with Crippen molar-refractivity contribution in [2.75, 3.05) is 13.3 Å². The number of nitrogens with one attached hydrogen (secondary N) is 1. The van der Waals surface area contributed by atoms with Crippen molar-refractivity contribution in [3.63, 3.8) is 0 Å². The third-order valence-corrected chi connectivity index (χ3v) is 9.50. The fourth-order valence-electron chi connectivity index (χ4n) is 3.51. The molecule has 0 aromatic carbocycles. The zero-order chi connectivity index (χ0) is 25.0. The summed E-state index contributed by atoms with van der Waals surface area (Å²) in [5, 5.41) is 0. The number of rotatable bonds is 8. The van der Waals surface area contributed by atoms with E-state index in [9.17, 15) is 28.3 Å². The number of aromatic amines is 1. The minimum Gasteiger partial charge on any atom is -0.351 e. The van der Waals surface area contributed by atoms with Crippen LogP contribution in [-0.4, -0.2) is 53.6 Å². The largest absolute Gasteiger partial charge is 0.488 e. The van der Waals surface area contributed by atoms with E-state index in [4.69, 9.17) is 14.2 Å². The van der Waals surface area contributed by atoms with Crippen LogP contribution < -0.4 is 5.56 Å². The van der Waals surface area contributed by atoms with E-state index in [0.29, 0.717) is 18.1 Å². The second kappa shape index (κ2) is 8.76. The maximum Gasteiger partial charge on any atom is 0.488 e. The summed E-state index contributed by atoms with van der Waals surface area (Å²) < 4.78 is 55.3. The molecular weight excluding hydrogens is 505 g/mol. The molecule has 4 N–H and O–H groups in total. The predicted octanol–water partition coefficient (Wildman–Crippen LogP) is 2.05. The molecule has 0 amide bonds. The lowest BCUT2D eigenvalue weighted by atomic mass is 9.78. The van der Waals surface area contributed by atoms with Crippen LogP contribution >= 0.6 is 23.2 Å². The summed E-state index contributed by atoms with van der Waals surface area (Å²) in [7, 11) is -15.0. The molecule has 2 aromatic heterocycles. The first-order chi connectivity index (χ1) is 14.9. The normalized spacial score (nSPS) is 28.3. The molecule has 186 valence electrons. The van der Waals surface area contributed by atoms with Crippen molar-refractivity contribution in [3.05, 3.63) is 22.5 Å². The quantitative estimate of drug-likeness (QED) is 0.360. The van der Waals surface area contributed by atoms with Gasteiger partial charge in [0.1, 0.15) is 12.1 Å². The van der Waals surface area contributed by atoms with Crippen LogP contribution in [0.3, 0.4) is 0 Å². The van der Waals surface area contributed by atoms with Gasteiger partial charge in [-0.05, 0) is 12.8 Å². The van der Waals surface area contributed by atoms with Crippen LogP contribution in [0, 0.1) is 18.3 Å². The summed E-state index contributed by atoms with van der Waals surface area (Å²) in [5.41, 5.74) is -0.586. The smallest absolute Gasteiger partial charge is 0.351 e. The van der Waals surface area contributed by atoms with Gasteiger partial charge < -0.3 is 24.4 Å². The minimum atomic E-state index is -5.37. The van der Waals surface area contributed by atoms with Crippen molar-refractivity contribution in [2.24, 2.45) is 11.3 Å². The molecule has 0 aliphatic carbocycles. The highest BCUT2D eigenvalue weighted by Gasteiger charge is 2.50. The van der Waals surface area contributed by atoms with Gasteiger partial charge in [0.05, 0.1) is 19.0 Å². The Bertz CT molecular complexity index is 1250. The highest BCUT2D eigenvalue weighted by Crippen LogP contribution is 2.66. The van der Waals surface area contributed by atoms with Crippen LogP contribution in [0.2, 0.25) is 0 Å². The summed E-state index contributed by atoms with van der Waals surface area (Å²) in [6.07, 6.45) is -0.0679. The van der Waals surface area contributed by atoms with Crippen LogP contribution in [0.5, 0.6) is 0 Å². The van der Waals surface area contributed by atoms with Gasteiger partial charge in [-0.3, -0.25) is 18.5 Å². The molecule has 1 aliphatic heterocycles. The van der Waals surface area contributed by atoms with E-state index in [1.54, 1.807) is 18.4 Å². The average Bonchev–Trinajstić information content (AvgIpc) is 3.10. The number of phosphoric acid groups is 2. The number of fused-ring (bicyclic) bond motifs is 1. The number of hydrogen-bond donors (Lipinski definition) is 4. The van der Waals surface area contributed by atoms with Gasteiger partial charge in [0, 0.05) is 12.1 Å². The number of ether oxygens (including phenoxy) is 1. The van der Waals surface area contributed by atoms with Gasteiger partial charge in [0.25, 0.3) is 5.56 Å². The second-order valence-electron chi connectivity index (χ2n) is 8.31. The van der Waals surface area contributed by atoms with E-state index in [-0.39, 0.29) is 11.4 Å². The first-order valence-electron chi connectivity index (χ1n) is 9.54. The molecule has 6 atom stereocenters. The Morgan fingerprint density at radius 1 is 1.21 bits per heavy atom. The van der Waals surface area contributed by atoms with Gasteiger partial charge in [-0.2, -0.15) is 4.31 Å². The molecule has 2 aromatic rings. The molecule has 15 nitrogen and oxygen atoms in total. The van der Waals surface area contributed by atoms with Crippen molar-refractivity contribution < 1.29 is 46.3 Å². The van der Waals surface area contributed by atoms with E-state index < -0.39 is 53.2 Å². The van der Waals surface area contributed by atoms with Crippen LogP contribution in [-0.2, 0) is 31.6 Å². The lowest BCUT2D eigenvalue weighted by Gasteiger charge is -2.29. The molecule has 0 bridgehead atoms. The number of H-pyrrole nitrogens is 1. The highest BCUT2D eigenvalue weighted by atomic mass is 31.3. The fourth-order valence-corrected chi connectivity index (χ4v) is 6.99. The first-order valence-corrected chi connectivity index (χ1v) is 14.6. The molecule has 1 aliphatic rings. The van der Waals surface area contributed by atoms with Gasteiger partial charge in [-0.15, -0.1) is 0 Å². The third kappa shape index (κ3) is 5.88. The van der Waals surface area contributed by atoms with Gasteiger partial charge in [-0.25, -0.2) is 23.4 Å². The Hall–Kier alpha value is -1.24. The zero-order valence-corrected chi connectivity index (χ0v) is 21.0. The second-order valence-corrected chi connectivity index (χ2v) is 13.4. The molecular formula is C15H25N4O11P3. The van der Waals surface area contributed by atoms with Crippen LogP contribution in [0.25, 0.3) is 11.2 Å². The SMILES string of the molecule is Cc1nc2c(ncn2[C@@H]2O[C@H](COP(=O)(O)OP(=O)(O)OP(C)(=O)O)[C@@H](C)C2(C)C)c(=O)[nH]1. The van der Waals surface area contributed by atoms with Crippen molar-refractivity contribution in [3.8, 4) is 0 Å². The number of nitrogens with zero attached hydrogens (tertiary/aromatic N) is 3. The Kier molecular flexibility index (Phi) is 7.00. The van der Waals surface area contributed by atoms with E-state index in [1.165, 1.54) is 6.33 Å². The van der Waals surface area contributed by atoms with Gasteiger partial charge >= 0.3 is 23.2 Å². The lowest BCUT2D eigenvalue weighted by Crippen LogP contribution is -2.29. The Morgan fingerprint density at radius 3 is 2.45 bits per heavy atom. The summed E-state index contributed by atoms with van der Waals surface area (Å²) >= 11 is 0. The number of aromatic nitrogens is 4. The molecule has 3 unspecified atom stereocenters. The summed E-state index contributed by atoms with van der Waals surface area (Å²) in [5.74, 6) is 0.0973. The number of imidazole rings is 1. The third-order valence-electron chi connectivity index (χ3n) is 5.34. The summed E-state index contributed by atoms with van der Waals surface area (Å²) in [6.45, 7) is 7.24. The Balaban J connectivity index is 1.78. The summed E-state index contributed by atoms with van der Waals surface area (Å²) in [4.78, 5) is 51.4. The topological polar surface area (TPSA) is 212 Å². The van der Waals surface area contributed by atoms with E-state index in [1.807, 2.05) is 13.8 Å². The monoisotopic (exact) mass is 530 g/mol. The lowest BCUT2D eigenvalue weighted by molar-refractivity contribution is -0.0450. The fraction of sp³-hybridized carbons (Fsp3) is 0.667. The molecule has 0 radical (unpaired) electrons.